The molecule has 0 amide bonds. The predicted octanol–water partition coefficient (Wildman–Crippen LogP) is 20.1. The van der Waals surface area contributed by atoms with E-state index in [1.54, 1.807) is 0 Å². The molecule has 0 aliphatic carbocycles. The van der Waals surface area contributed by atoms with Crippen LogP contribution < -0.4 is 0 Å². The van der Waals surface area contributed by atoms with Gasteiger partial charge in [0.15, 0.2) is 6.10 Å². The van der Waals surface area contributed by atoms with Crippen LogP contribution in [0.5, 0.6) is 0 Å². The number of hydrogen-bond donors (Lipinski definition) is 0. The summed E-state index contributed by atoms with van der Waals surface area (Å²) in [5.41, 5.74) is 0. The van der Waals surface area contributed by atoms with Gasteiger partial charge in [0.1, 0.15) is 13.2 Å². The smallest absolute Gasteiger partial charge is 0.306 e. The van der Waals surface area contributed by atoms with Crippen molar-refractivity contribution >= 4 is 17.9 Å². The van der Waals surface area contributed by atoms with Gasteiger partial charge in [-0.2, -0.15) is 0 Å². The van der Waals surface area contributed by atoms with Gasteiger partial charge in [0.2, 0.25) is 0 Å². The number of ether oxygens (including phenoxy) is 3. The molecule has 0 N–H and O–H groups in total. The Kier molecular flexibility index (Phi) is 56.5. The second-order valence-electron chi connectivity index (χ2n) is 18.8. The molecule has 0 fully saturated rings. The fraction of sp³-hybridized carbons (Fsp3) is 0.574. The zero-order valence-electron chi connectivity index (χ0n) is 47.3. The lowest BCUT2D eigenvalue weighted by Crippen LogP contribution is -2.30. The zero-order chi connectivity index (χ0) is 53.6. The molecule has 74 heavy (non-hydrogen) atoms. The summed E-state index contributed by atoms with van der Waals surface area (Å²) >= 11 is 0. The van der Waals surface area contributed by atoms with Crippen LogP contribution in [0.25, 0.3) is 0 Å². The molecule has 0 rings (SSSR count). The van der Waals surface area contributed by atoms with Gasteiger partial charge < -0.3 is 14.2 Å². The van der Waals surface area contributed by atoms with E-state index in [1.807, 2.05) is 24.3 Å². The average molecular weight is 1020 g/mol. The largest absolute Gasteiger partial charge is 0.462 e. The Bertz CT molecular complexity index is 1690. The summed E-state index contributed by atoms with van der Waals surface area (Å²) in [5, 5.41) is 0. The number of rotatable bonds is 51. The van der Waals surface area contributed by atoms with E-state index in [0.717, 1.165) is 109 Å². The third kappa shape index (κ3) is 57.9. The summed E-state index contributed by atoms with van der Waals surface area (Å²) in [6.45, 7) is 6.27. The van der Waals surface area contributed by atoms with Gasteiger partial charge in [0.25, 0.3) is 0 Å². The summed E-state index contributed by atoms with van der Waals surface area (Å²) in [5.74, 6) is -1.13. The standard InChI is InChI=1S/C68H106O6/c1-4-7-10-13-16-19-22-25-28-31-34-37-40-43-46-49-52-55-58-61-67(70)73-64-65(63-72-66(69)60-57-54-51-48-45-42-39-36-33-30-27-24-21-18-15-12-9-6-3)74-68(71)62-59-56-53-50-47-44-41-38-35-32-29-26-23-20-17-14-11-8-5-2/h7-8,10-11,16-17,19-20,25-26,28-29,34-39,43-44,46-47,52-53,55-56,65H,4-6,9,12-15,18,21-24,27,30-33,40-42,45,48-51,54,57-64H2,1-3H3/b10-7-,11-8-,19-16-,20-17-,28-25-,29-26-,37-34-,38-35-,39-36-,46-43-,47-44-,55-52-,56-53-. The van der Waals surface area contributed by atoms with Crippen molar-refractivity contribution in [2.24, 2.45) is 0 Å². The Labute approximate surface area is 454 Å². The van der Waals surface area contributed by atoms with E-state index in [1.165, 1.54) is 70.6 Å². The van der Waals surface area contributed by atoms with Gasteiger partial charge in [-0.1, -0.05) is 249 Å². The summed E-state index contributed by atoms with van der Waals surface area (Å²) in [4.78, 5) is 38.2. The highest BCUT2D eigenvalue weighted by Gasteiger charge is 2.19. The van der Waals surface area contributed by atoms with Crippen LogP contribution in [0.2, 0.25) is 0 Å². The predicted molar refractivity (Wildman–Crippen MR) is 320 cm³/mol. The van der Waals surface area contributed by atoms with E-state index in [4.69, 9.17) is 14.2 Å². The third-order valence-electron chi connectivity index (χ3n) is 11.8. The van der Waals surface area contributed by atoms with Crippen molar-refractivity contribution < 1.29 is 28.6 Å². The van der Waals surface area contributed by atoms with Crippen LogP contribution >= 0.6 is 0 Å². The van der Waals surface area contributed by atoms with E-state index < -0.39 is 12.1 Å². The SMILES string of the molecule is CC/C=C\C/C=C\C/C=C\C/C=C\C/C=C\C/C=C\CCC(=O)OCC(COC(=O)CCCCCCC/C=C\CCCCCCCCCCC)OC(=O)CC/C=C\C/C=C\C/C=C\C/C=C\C/C=C\C/C=C\CC. The first-order valence-corrected chi connectivity index (χ1v) is 29.5. The second-order valence-corrected chi connectivity index (χ2v) is 18.8. The van der Waals surface area contributed by atoms with Crippen LogP contribution in [-0.4, -0.2) is 37.2 Å². The van der Waals surface area contributed by atoms with Crippen molar-refractivity contribution in [3.8, 4) is 0 Å². The maximum atomic E-state index is 12.8. The Morgan fingerprint density at radius 1 is 0.284 bits per heavy atom. The first-order valence-electron chi connectivity index (χ1n) is 29.5. The molecule has 0 spiro atoms. The molecule has 0 heterocycles. The minimum absolute atomic E-state index is 0.143. The van der Waals surface area contributed by atoms with Crippen molar-refractivity contribution in [2.75, 3.05) is 13.2 Å². The van der Waals surface area contributed by atoms with E-state index in [2.05, 4.69) is 154 Å². The average Bonchev–Trinajstić information content (AvgIpc) is 3.40. The molecule has 0 aliphatic heterocycles. The third-order valence-corrected chi connectivity index (χ3v) is 11.8. The van der Waals surface area contributed by atoms with Crippen molar-refractivity contribution in [3.05, 3.63) is 158 Å². The lowest BCUT2D eigenvalue weighted by Gasteiger charge is -2.18. The van der Waals surface area contributed by atoms with Gasteiger partial charge in [-0.3, -0.25) is 14.4 Å². The Morgan fingerprint density at radius 2 is 0.554 bits per heavy atom. The summed E-state index contributed by atoms with van der Waals surface area (Å²) < 4.78 is 16.7. The molecule has 1 unspecified atom stereocenters. The van der Waals surface area contributed by atoms with E-state index in [-0.39, 0.29) is 38.0 Å². The number of unbranched alkanes of at least 4 members (excludes halogenated alkanes) is 14. The van der Waals surface area contributed by atoms with Crippen LogP contribution in [0.3, 0.4) is 0 Å². The molecule has 0 bridgehead atoms. The van der Waals surface area contributed by atoms with Crippen molar-refractivity contribution in [2.45, 2.75) is 239 Å². The number of hydrogen-bond acceptors (Lipinski definition) is 6. The molecule has 414 valence electrons. The van der Waals surface area contributed by atoms with Gasteiger partial charge >= 0.3 is 17.9 Å². The lowest BCUT2D eigenvalue weighted by molar-refractivity contribution is -0.166. The number of allylic oxidation sites excluding steroid dienone is 26. The molecule has 6 heteroatoms. The summed E-state index contributed by atoms with van der Waals surface area (Å²) in [7, 11) is 0. The number of carbonyl (C=O) groups is 3. The highest BCUT2D eigenvalue weighted by atomic mass is 16.6. The quantitative estimate of drug-likeness (QED) is 0.0261. The van der Waals surface area contributed by atoms with Gasteiger partial charge in [-0.15, -0.1) is 0 Å². The number of carbonyl (C=O) groups excluding carboxylic acids is 3. The number of esters is 3. The molecule has 6 nitrogen and oxygen atoms in total. The van der Waals surface area contributed by atoms with Crippen LogP contribution in [0.15, 0.2) is 158 Å². The van der Waals surface area contributed by atoms with Crippen molar-refractivity contribution in [3.63, 3.8) is 0 Å². The summed E-state index contributed by atoms with van der Waals surface area (Å²) in [6.07, 6.45) is 88.3. The fourth-order valence-corrected chi connectivity index (χ4v) is 7.43. The monoisotopic (exact) mass is 1020 g/mol. The topological polar surface area (TPSA) is 78.9 Å². The van der Waals surface area contributed by atoms with E-state index in [9.17, 15) is 14.4 Å². The first kappa shape index (κ1) is 69.0. The molecular weight excluding hydrogens is 913 g/mol. The molecule has 0 aliphatic rings. The van der Waals surface area contributed by atoms with Gasteiger partial charge in [-0.05, 0) is 122 Å². The Balaban J connectivity index is 4.65. The molecular formula is C68H106O6. The molecule has 0 aromatic carbocycles. The van der Waals surface area contributed by atoms with Gasteiger partial charge in [0, 0.05) is 19.3 Å². The first-order chi connectivity index (χ1) is 36.5. The molecule has 0 aromatic rings. The molecule has 0 aromatic heterocycles. The minimum Gasteiger partial charge on any atom is -0.462 e. The van der Waals surface area contributed by atoms with E-state index in [0.29, 0.717) is 19.3 Å². The van der Waals surface area contributed by atoms with Crippen LogP contribution in [0.1, 0.15) is 233 Å². The Hall–Kier alpha value is -4.97. The normalized spacial score (nSPS) is 13.3. The van der Waals surface area contributed by atoms with Gasteiger partial charge in [-0.25, -0.2) is 0 Å². The second kappa shape index (κ2) is 60.6. The highest BCUT2D eigenvalue weighted by molar-refractivity contribution is 5.71. The van der Waals surface area contributed by atoms with Crippen molar-refractivity contribution in [1.82, 2.24) is 0 Å². The van der Waals surface area contributed by atoms with Crippen LogP contribution in [0.4, 0.5) is 0 Å². The minimum atomic E-state index is -0.861. The zero-order valence-corrected chi connectivity index (χ0v) is 47.3. The lowest BCUT2D eigenvalue weighted by atomic mass is 10.1. The fourth-order valence-electron chi connectivity index (χ4n) is 7.43. The Morgan fingerprint density at radius 3 is 0.905 bits per heavy atom. The maximum absolute atomic E-state index is 12.8. The molecule has 0 saturated heterocycles. The van der Waals surface area contributed by atoms with Crippen LogP contribution in [-0.2, 0) is 28.6 Å². The van der Waals surface area contributed by atoms with Gasteiger partial charge in [0.05, 0.1) is 0 Å². The van der Waals surface area contributed by atoms with E-state index >= 15 is 0 Å². The highest BCUT2D eigenvalue weighted by Crippen LogP contribution is 2.13. The summed E-state index contributed by atoms with van der Waals surface area (Å²) in [6, 6.07) is 0. The molecule has 1 atom stereocenters. The van der Waals surface area contributed by atoms with Crippen molar-refractivity contribution in [1.29, 1.82) is 0 Å². The van der Waals surface area contributed by atoms with Crippen LogP contribution in [0, 0.1) is 0 Å². The maximum Gasteiger partial charge on any atom is 0.306 e. The molecule has 0 radical (unpaired) electrons. The molecule has 0 saturated carbocycles.